The van der Waals surface area contributed by atoms with E-state index in [4.69, 9.17) is 0 Å². The van der Waals surface area contributed by atoms with Gasteiger partial charge < -0.3 is 5.11 Å². The standard InChI is InChI=1S/C36H48N4O2/c1-35(2,3)31-22-30(34(42)32(23-31)36(4,5)6)24-37-38-33(41)26-40-20-18-39(19-21-40)25-29-16-14-28(15-17-29)13-12-27-10-8-7-9-11-27/h7-11,14-17,22-24,42H,12-13,18-21,25-26H2,1-6H3,(H,38,41)/b37-24+. The first-order chi connectivity index (χ1) is 19.9. The molecule has 1 aliphatic rings. The second-order valence-electron chi connectivity index (χ2n) is 13.6. The number of benzene rings is 3. The van der Waals surface area contributed by atoms with Crippen molar-refractivity contribution in [1.29, 1.82) is 0 Å². The molecule has 1 saturated heterocycles. The minimum atomic E-state index is -0.217. The zero-order valence-corrected chi connectivity index (χ0v) is 26.3. The number of hydrazone groups is 1. The SMILES string of the molecule is CC(C)(C)c1cc(/C=N/NC(=O)CN2CCN(Cc3ccc(CCc4ccccc4)cc3)CC2)c(O)c(C(C)(C)C)c1. The van der Waals surface area contributed by atoms with Gasteiger partial charge in [-0.1, -0.05) is 102 Å². The zero-order chi connectivity index (χ0) is 30.3. The molecular formula is C36H48N4O2. The molecule has 1 amide bonds. The van der Waals surface area contributed by atoms with Gasteiger partial charge in [0.15, 0.2) is 0 Å². The molecule has 0 atom stereocenters. The van der Waals surface area contributed by atoms with Crippen molar-refractivity contribution in [2.24, 2.45) is 5.10 Å². The fourth-order valence-electron chi connectivity index (χ4n) is 5.28. The maximum absolute atomic E-state index is 12.6. The number of carbonyl (C=O) groups is 1. The van der Waals surface area contributed by atoms with Gasteiger partial charge in [0, 0.05) is 43.9 Å². The van der Waals surface area contributed by atoms with Crippen molar-refractivity contribution in [3.63, 3.8) is 0 Å². The van der Waals surface area contributed by atoms with E-state index in [0.29, 0.717) is 12.1 Å². The van der Waals surface area contributed by atoms with Crippen LogP contribution in [-0.4, -0.2) is 59.8 Å². The van der Waals surface area contributed by atoms with Gasteiger partial charge in [-0.3, -0.25) is 14.6 Å². The highest BCUT2D eigenvalue weighted by atomic mass is 16.3. The second-order valence-corrected chi connectivity index (χ2v) is 13.6. The Morgan fingerprint density at radius 2 is 1.38 bits per heavy atom. The van der Waals surface area contributed by atoms with Crippen molar-refractivity contribution < 1.29 is 9.90 Å². The van der Waals surface area contributed by atoms with Crippen LogP contribution in [0.3, 0.4) is 0 Å². The van der Waals surface area contributed by atoms with Gasteiger partial charge in [-0.25, -0.2) is 5.43 Å². The molecule has 0 unspecified atom stereocenters. The maximum Gasteiger partial charge on any atom is 0.254 e. The van der Waals surface area contributed by atoms with E-state index >= 15 is 0 Å². The molecule has 0 aromatic heterocycles. The molecule has 4 rings (SSSR count). The number of aryl methyl sites for hydroxylation is 2. The quantitative estimate of drug-likeness (QED) is 0.244. The summed E-state index contributed by atoms with van der Waals surface area (Å²) in [5.74, 6) is 0.0692. The molecule has 0 bridgehead atoms. The van der Waals surface area contributed by atoms with E-state index in [1.54, 1.807) is 6.21 Å². The molecule has 2 N–H and O–H groups in total. The monoisotopic (exact) mass is 568 g/mol. The van der Waals surface area contributed by atoms with E-state index in [1.807, 2.05) is 6.07 Å². The Labute approximate surface area is 252 Å². The number of phenols is 1. The molecule has 6 heteroatoms. The van der Waals surface area contributed by atoms with Crippen LogP contribution in [0.25, 0.3) is 0 Å². The Bertz CT molecular complexity index is 1340. The molecule has 0 radical (unpaired) electrons. The molecule has 0 saturated carbocycles. The van der Waals surface area contributed by atoms with Gasteiger partial charge in [-0.15, -0.1) is 0 Å². The largest absolute Gasteiger partial charge is 0.507 e. The Balaban J connectivity index is 1.23. The third kappa shape index (κ3) is 9.01. The van der Waals surface area contributed by atoms with E-state index < -0.39 is 0 Å². The number of piperazine rings is 1. The number of rotatable bonds is 9. The first-order valence-corrected chi connectivity index (χ1v) is 15.1. The van der Waals surface area contributed by atoms with E-state index in [1.165, 1.54) is 16.7 Å². The first-order valence-electron chi connectivity index (χ1n) is 15.1. The van der Waals surface area contributed by atoms with E-state index in [2.05, 4.69) is 123 Å². The summed E-state index contributed by atoms with van der Waals surface area (Å²) in [6, 6.07) is 23.7. The summed E-state index contributed by atoms with van der Waals surface area (Å²) in [5.41, 5.74) is 9.05. The van der Waals surface area contributed by atoms with Crippen LogP contribution in [0.2, 0.25) is 0 Å². The number of amides is 1. The molecule has 1 fully saturated rings. The number of aromatic hydroxyl groups is 1. The van der Waals surface area contributed by atoms with Crippen molar-refractivity contribution in [2.45, 2.75) is 71.8 Å². The normalized spacial score (nSPS) is 15.3. The van der Waals surface area contributed by atoms with Gasteiger partial charge in [0.2, 0.25) is 0 Å². The number of nitrogens with one attached hydrogen (secondary N) is 1. The van der Waals surface area contributed by atoms with E-state index in [9.17, 15) is 9.90 Å². The van der Waals surface area contributed by atoms with Gasteiger partial charge in [0.05, 0.1) is 12.8 Å². The van der Waals surface area contributed by atoms with Gasteiger partial charge in [0.1, 0.15) is 5.75 Å². The Kier molecular flexibility index (Phi) is 10.2. The van der Waals surface area contributed by atoms with Crippen LogP contribution in [0.1, 0.15) is 74.9 Å². The van der Waals surface area contributed by atoms with Gasteiger partial charge in [-0.05, 0) is 52.0 Å². The summed E-state index contributed by atoms with van der Waals surface area (Å²) in [4.78, 5) is 17.3. The van der Waals surface area contributed by atoms with Crippen LogP contribution >= 0.6 is 0 Å². The van der Waals surface area contributed by atoms with Crippen LogP contribution in [0.5, 0.6) is 5.75 Å². The number of carbonyl (C=O) groups excluding carboxylic acids is 1. The maximum atomic E-state index is 12.6. The minimum absolute atomic E-state index is 0.0757. The summed E-state index contributed by atoms with van der Waals surface area (Å²) in [7, 11) is 0. The molecule has 224 valence electrons. The fraction of sp³-hybridized carbons (Fsp3) is 0.444. The van der Waals surface area contributed by atoms with Gasteiger partial charge >= 0.3 is 0 Å². The molecular weight excluding hydrogens is 520 g/mol. The van der Waals surface area contributed by atoms with Gasteiger partial charge in [0.25, 0.3) is 5.91 Å². The van der Waals surface area contributed by atoms with Crippen LogP contribution in [0.4, 0.5) is 0 Å². The average Bonchev–Trinajstić information content (AvgIpc) is 2.94. The molecule has 3 aromatic carbocycles. The minimum Gasteiger partial charge on any atom is -0.507 e. The van der Waals surface area contributed by atoms with E-state index in [0.717, 1.165) is 56.7 Å². The van der Waals surface area contributed by atoms with Crippen molar-refractivity contribution in [1.82, 2.24) is 15.2 Å². The molecule has 1 aliphatic heterocycles. The fourth-order valence-corrected chi connectivity index (χ4v) is 5.28. The predicted octanol–water partition coefficient (Wildman–Crippen LogP) is 6.04. The number of phenolic OH excluding ortho intramolecular Hbond substituents is 1. The first kappa shape index (κ1) is 31.5. The number of hydrogen-bond donors (Lipinski definition) is 2. The summed E-state index contributed by atoms with van der Waals surface area (Å²) >= 11 is 0. The topological polar surface area (TPSA) is 68.2 Å². The number of nitrogens with zero attached hydrogens (tertiary/aromatic N) is 3. The lowest BCUT2D eigenvalue weighted by Crippen LogP contribution is -2.48. The highest BCUT2D eigenvalue weighted by molar-refractivity contribution is 5.86. The molecule has 1 heterocycles. The highest BCUT2D eigenvalue weighted by Gasteiger charge is 2.25. The van der Waals surface area contributed by atoms with Crippen molar-refractivity contribution in [3.8, 4) is 5.75 Å². The predicted molar refractivity (Wildman–Crippen MR) is 173 cm³/mol. The van der Waals surface area contributed by atoms with Crippen LogP contribution < -0.4 is 5.43 Å². The van der Waals surface area contributed by atoms with Crippen LogP contribution in [-0.2, 0) is 35.0 Å². The summed E-state index contributed by atoms with van der Waals surface area (Å²) < 4.78 is 0. The summed E-state index contributed by atoms with van der Waals surface area (Å²) in [5, 5.41) is 15.1. The molecule has 0 spiro atoms. The van der Waals surface area contributed by atoms with Crippen molar-refractivity contribution in [2.75, 3.05) is 32.7 Å². The Morgan fingerprint density at radius 1 is 0.810 bits per heavy atom. The number of hydrogen-bond acceptors (Lipinski definition) is 5. The summed E-state index contributed by atoms with van der Waals surface area (Å²) in [6.07, 6.45) is 3.67. The van der Waals surface area contributed by atoms with Crippen LogP contribution in [0.15, 0.2) is 71.8 Å². The lowest BCUT2D eigenvalue weighted by atomic mass is 9.79. The zero-order valence-electron chi connectivity index (χ0n) is 26.3. The molecule has 0 aliphatic carbocycles. The van der Waals surface area contributed by atoms with Crippen LogP contribution in [0, 0.1) is 0 Å². The summed E-state index contributed by atoms with van der Waals surface area (Å²) in [6.45, 7) is 17.5. The average molecular weight is 569 g/mol. The third-order valence-corrected chi connectivity index (χ3v) is 8.01. The molecule has 6 nitrogen and oxygen atoms in total. The smallest absolute Gasteiger partial charge is 0.254 e. The highest BCUT2D eigenvalue weighted by Crippen LogP contribution is 2.37. The lowest BCUT2D eigenvalue weighted by molar-refractivity contribution is -0.122. The Hall–Kier alpha value is -3.48. The second kappa shape index (κ2) is 13.7. The third-order valence-electron chi connectivity index (χ3n) is 8.01. The van der Waals surface area contributed by atoms with Gasteiger partial charge in [-0.2, -0.15) is 5.10 Å². The Morgan fingerprint density at radius 3 is 1.98 bits per heavy atom. The molecule has 42 heavy (non-hydrogen) atoms. The lowest BCUT2D eigenvalue weighted by Gasteiger charge is -2.34. The van der Waals surface area contributed by atoms with Crippen molar-refractivity contribution in [3.05, 3.63) is 100 Å². The molecule has 3 aromatic rings. The van der Waals surface area contributed by atoms with Crippen molar-refractivity contribution >= 4 is 12.1 Å². The van der Waals surface area contributed by atoms with E-state index in [-0.39, 0.29) is 22.5 Å².